The molecule has 4 rings (SSSR count). The van der Waals surface area contributed by atoms with Gasteiger partial charge in [-0.05, 0) is 19.3 Å². The largest absolute Gasteiger partial charge is 0.389 e. The molecule has 2 fully saturated rings. The summed E-state index contributed by atoms with van der Waals surface area (Å²) in [7, 11) is -3.44. The van der Waals surface area contributed by atoms with E-state index in [1.807, 2.05) is 0 Å². The molecule has 8 nitrogen and oxygen atoms in total. The van der Waals surface area contributed by atoms with Crippen molar-refractivity contribution >= 4 is 21.7 Å². The van der Waals surface area contributed by atoms with Gasteiger partial charge in [0.25, 0.3) is 0 Å². The quantitative estimate of drug-likeness (QED) is 0.797. The van der Waals surface area contributed by atoms with Gasteiger partial charge in [0.15, 0.2) is 5.82 Å². The Morgan fingerprint density at radius 2 is 1.92 bits per heavy atom. The topological polar surface area (TPSA) is 104 Å². The monoisotopic (exact) mass is 352 g/mol. The number of rotatable bonds is 3. The molecule has 1 aromatic rings. The van der Waals surface area contributed by atoms with Crippen LogP contribution in [0, 0.1) is 0 Å². The van der Waals surface area contributed by atoms with E-state index in [1.54, 1.807) is 11.1 Å². The van der Waals surface area contributed by atoms with Gasteiger partial charge in [0.05, 0.1) is 35.9 Å². The molecule has 1 saturated heterocycles. The molecule has 3 aliphatic rings. The van der Waals surface area contributed by atoms with Crippen molar-refractivity contribution in [2.24, 2.45) is 0 Å². The first-order valence-corrected chi connectivity index (χ1v) is 9.87. The van der Waals surface area contributed by atoms with E-state index in [2.05, 4.69) is 9.97 Å². The summed E-state index contributed by atoms with van der Waals surface area (Å²) < 4.78 is 25.3. The number of anilines is 1. The van der Waals surface area contributed by atoms with E-state index in [0.29, 0.717) is 37.4 Å². The Kier molecular flexibility index (Phi) is 3.21. The second-order valence-electron chi connectivity index (χ2n) is 7.28. The van der Waals surface area contributed by atoms with Gasteiger partial charge in [-0.25, -0.2) is 13.4 Å². The standard InChI is InChI=1S/C15H20N4O4S/c1-24(22,23)19-10-14(12-13(19)17-6-5-16-12)8-18(9-14)11(20)7-15(21)3-2-4-15/h5-6,21H,2-4,7-10H2,1H3. The van der Waals surface area contributed by atoms with Crippen molar-refractivity contribution in [2.75, 3.05) is 30.2 Å². The lowest BCUT2D eigenvalue weighted by Gasteiger charge is -2.49. The van der Waals surface area contributed by atoms with Crippen molar-refractivity contribution in [1.82, 2.24) is 14.9 Å². The van der Waals surface area contributed by atoms with Gasteiger partial charge in [-0.2, -0.15) is 0 Å². The molecule has 2 aliphatic heterocycles. The fraction of sp³-hybridized carbons (Fsp3) is 0.667. The van der Waals surface area contributed by atoms with E-state index in [9.17, 15) is 18.3 Å². The number of carbonyl (C=O) groups excluding carboxylic acids is 1. The minimum Gasteiger partial charge on any atom is -0.389 e. The average Bonchev–Trinajstić information content (AvgIpc) is 2.79. The van der Waals surface area contributed by atoms with E-state index in [-0.39, 0.29) is 18.9 Å². The molecule has 9 heteroatoms. The molecule has 0 unspecified atom stereocenters. The fourth-order valence-electron chi connectivity index (χ4n) is 3.85. The zero-order valence-electron chi connectivity index (χ0n) is 13.5. The molecule has 0 radical (unpaired) electrons. The van der Waals surface area contributed by atoms with Crippen molar-refractivity contribution < 1.29 is 18.3 Å². The maximum Gasteiger partial charge on any atom is 0.233 e. The van der Waals surface area contributed by atoms with E-state index in [4.69, 9.17) is 0 Å². The van der Waals surface area contributed by atoms with Crippen LogP contribution in [0.15, 0.2) is 12.4 Å². The van der Waals surface area contributed by atoms with Crippen LogP contribution in [0.2, 0.25) is 0 Å². The number of fused-ring (bicyclic) bond motifs is 2. The van der Waals surface area contributed by atoms with Crippen molar-refractivity contribution in [3.05, 3.63) is 18.1 Å². The maximum atomic E-state index is 12.4. The molecule has 1 N–H and O–H groups in total. The first-order chi connectivity index (χ1) is 11.2. The fourth-order valence-corrected chi connectivity index (χ4v) is 4.78. The van der Waals surface area contributed by atoms with Crippen LogP contribution in [0.3, 0.4) is 0 Å². The van der Waals surface area contributed by atoms with Gasteiger partial charge in [-0.3, -0.25) is 14.1 Å². The normalized spacial score (nSPS) is 23.6. The summed E-state index contributed by atoms with van der Waals surface area (Å²) in [6, 6.07) is 0. The van der Waals surface area contributed by atoms with Gasteiger partial charge >= 0.3 is 0 Å². The Balaban J connectivity index is 1.53. The Morgan fingerprint density at radius 3 is 2.50 bits per heavy atom. The number of aromatic nitrogens is 2. The van der Waals surface area contributed by atoms with Crippen molar-refractivity contribution in [2.45, 2.75) is 36.7 Å². The van der Waals surface area contributed by atoms with Crippen LogP contribution >= 0.6 is 0 Å². The minimum atomic E-state index is -3.44. The van der Waals surface area contributed by atoms with Gasteiger partial charge in [0.2, 0.25) is 15.9 Å². The molecule has 130 valence electrons. The first kappa shape index (κ1) is 15.8. The third-order valence-corrected chi connectivity index (χ3v) is 6.47. The highest BCUT2D eigenvalue weighted by molar-refractivity contribution is 7.92. The minimum absolute atomic E-state index is 0.0777. The molecule has 1 spiro atoms. The summed E-state index contributed by atoms with van der Waals surface area (Å²) in [4.78, 5) is 22.6. The van der Waals surface area contributed by atoms with Crippen molar-refractivity contribution in [3.63, 3.8) is 0 Å². The van der Waals surface area contributed by atoms with Gasteiger partial charge in [-0.15, -0.1) is 0 Å². The third kappa shape index (κ3) is 2.29. The highest BCUT2D eigenvalue weighted by Gasteiger charge is 2.56. The van der Waals surface area contributed by atoms with E-state index >= 15 is 0 Å². The van der Waals surface area contributed by atoms with E-state index in [0.717, 1.165) is 12.7 Å². The van der Waals surface area contributed by atoms with Crippen LogP contribution in [-0.2, 0) is 20.2 Å². The van der Waals surface area contributed by atoms with Crippen LogP contribution in [-0.4, -0.2) is 65.8 Å². The summed E-state index contributed by atoms with van der Waals surface area (Å²) >= 11 is 0. The molecule has 1 amide bonds. The summed E-state index contributed by atoms with van der Waals surface area (Å²) in [5.41, 5.74) is -0.682. The van der Waals surface area contributed by atoms with Crippen LogP contribution < -0.4 is 4.31 Å². The van der Waals surface area contributed by atoms with E-state index < -0.39 is 21.0 Å². The summed E-state index contributed by atoms with van der Waals surface area (Å²) in [5.74, 6) is 0.288. The number of sulfonamides is 1. The van der Waals surface area contributed by atoms with Gasteiger partial charge in [-0.1, -0.05) is 0 Å². The summed E-state index contributed by atoms with van der Waals surface area (Å²) in [5, 5.41) is 10.2. The number of nitrogens with zero attached hydrogens (tertiary/aromatic N) is 4. The highest BCUT2D eigenvalue weighted by Crippen LogP contribution is 2.46. The Labute approximate surface area is 140 Å². The smallest absolute Gasteiger partial charge is 0.233 e. The van der Waals surface area contributed by atoms with Crippen molar-refractivity contribution in [1.29, 1.82) is 0 Å². The number of hydrogen-bond acceptors (Lipinski definition) is 6. The molecule has 0 atom stereocenters. The molecular weight excluding hydrogens is 332 g/mol. The van der Waals surface area contributed by atoms with Crippen LogP contribution in [0.1, 0.15) is 31.4 Å². The Bertz CT molecular complexity index is 799. The maximum absolute atomic E-state index is 12.4. The number of amides is 1. The predicted octanol–water partition coefficient (Wildman–Crippen LogP) is -0.359. The summed E-state index contributed by atoms with van der Waals surface area (Å²) in [6.07, 6.45) is 6.63. The second kappa shape index (κ2) is 4.89. The molecule has 3 heterocycles. The van der Waals surface area contributed by atoms with Gasteiger partial charge in [0.1, 0.15) is 0 Å². The number of aliphatic hydroxyl groups is 1. The van der Waals surface area contributed by atoms with Crippen LogP contribution in [0.25, 0.3) is 0 Å². The number of likely N-dealkylation sites (tertiary alicyclic amines) is 1. The SMILES string of the molecule is CS(=O)(=O)N1CC2(CN(C(=O)CC3(O)CCC3)C2)c2nccnc21. The lowest BCUT2D eigenvalue weighted by molar-refractivity contribution is -0.147. The van der Waals surface area contributed by atoms with Crippen LogP contribution in [0.4, 0.5) is 5.82 Å². The second-order valence-corrected chi connectivity index (χ2v) is 9.19. The zero-order chi connectivity index (χ0) is 17.2. The lowest BCUT2D eigenvalue weighted by atomic mass is 9.75. The van der Waals surface area contributed by atoms with Crippen LogP contribution in [0.5, 0.6) is 0 Å². The molecule has 24 heavy (non-hydrogen) atoms. The molecule has 1 aromatic heterocycles. The molecule has 0 aromatic carbocycles. The van der Waals surface area contributed by atoms with Crippen molar-refractivity contribution in [3.8, 4) is 0 Å². The molecule has 1 aliphatic carbocycles. The third-order valence-electron chi connectivity index (χ3n) is 5.37. The average molecular weight is 352 g/mol. The number of carbonyl (C=O) groups is 1. The first-order valence-electron chi connectivity index (χ1n) is 8.02. The number of hydrogen-bond donors (Lipinski definition) is 1. The van der Waals surface area contributed by atoms with Gasteiger partial charge < -0.3 is 10.0 Å². The zero-order valence-corrected chi connectivity index (χ0v) is 14.3. The Morgan fingerprint density at radius 1 is 1.25 bits per heavy atom. The lowest BCUT2D eigenvalue weighted by Crippen LogP contribution is -2.64. The van der Waals surface area contributed by atoms with Gasteiger partial charge in [0, 0.05) is 25.5 Å². The summed E-state index contributed by atoms with van der Waals surface area (Å²) in [6.45, 7) is 1.10. The predicted molar refractivity (Wildman–Crippen MR) is 85.9 cm³/mol. The molecular formula is C15H20N4O4S. The highest BCUT2D eigenvalue weighted by atomic mass is 32.2. The molecule has 0 bridgehead atoms. The Hall–Kier alpha value is -1.74. The molecule has 1 saturated carbocycles. The van der Waals surface area contributed by atoms with E-state index in [1.165, 1.54) is 10.5 Å².